The minimum Gasteiger partial charge on any atom is -0.481 e. The fourth-order valence-corrected chi connectivity index (χ4v) is 1.73. The summed E-state index contributed by atoms with van der Waals surface area (Å²) in [6.07, 6.45) is 0. The molecule has 0 fully saturated rings. The van der Waals surface area contributed by atoms with E-state index in [1.807, 2.05) is 5.38 Å². The number of carbonyl (C=O) groups is 1. The van der Waals surface area contributed by atoms with Crippen LogP contribution in [0.3, 0.4) is 0 Å². The standard InChI is InChI=1S/C5H5NO2S2/c7-5(8)2-10-4-1-9-3-6-4/h1,3H,2H2,(H,7,8). The molecule has 1 aromatic rings. The van der Waals surface area contributed by atoms with Crippen molar-refractivity contribution in [1.29, 1.82) is 0 Å². The van der Waals surface area contributed by atoms with Gasteiger partial charge in [-0.25, -0.2) is 4.98 Å². The maximum absolute atomic E-state index is 10.0. The third kappa shape index (κ3) is 2.36. The van der Waals surface area contributed by atoms with Gasteiger partial charge in [-0.3, -0.25) is 4.79 Å². The number of thiazole rings is 1. The van der Waals surface area contributed by atoms with Crippen molar-refractivity contribution >= 4 is 29.1 Å². The number of hydrogen-bond donors (Lipinski definition) is 1. The zero-order valence-electron chi connectivity index (χ0n) is 4.98. The minimum atomic E-state index is -0.807. The van der Waals surface area contributed by atoms with E-state index in [0.717, 1.165) is 5.03 Å². The first-order valence-electron chi connectivity index (χ1n) is 2.52. The number of hydrogen-bond acceptors (Lipinski definition) is 4. The van der Waals surface area contributed by atoms with Gasteiger partial charge >= 0.3 is 5.97 Å². The highest BCUT2D eigenvalue weighted by Gasteiger charge is 1.99. The highest BCUT2D eigenvalue weighted by Crippen LogP contribution is 2.16. The molecule has 0 bridgehead atoms. The van der Waals surface area contributed by atoms with Crippen molar-refractivity contribution in [3.8, 4) is 0 Å². The molecule has 1 rings (SSSR count). The topological polar surface area (TPSA) is 50.2 Å². The van der Waals surface area contributed by atoms with E-state index in [-0.39, 0.29) is 5.75 Å². The molecule has 0 aliphatic rings. The lowest BCUT2D eigenvalue weighted by molar-refractivity contribution is -0.133. The van der Waals surface area contributed by atoms with Gasteiger partial charge in [-0.15, -0.1) is 11.3 Å². The summed E-state index contributed by atoms with van der Waals surface area (Å²) >= 11 is 2.70. The lowest BCUT2D eigenvalue weighted by atomic mass is 10.8. The van der Waals surface area contributed by atoms with E-state index in [4.69, 9.17) is 5.11 Å². The van der Waals surface area contributed by atoms with Crippen LogP contribution in [0.15, 0.2) is 15.9 Å². The molecule has 0 atom stereocenters. The van der Waals surface area contributed by atoms with E-state index in [1.165, 1.54) is 23.1 Å². The molecule has 0 radical (unpaired) electrons. The van der Waals surface area contributed by atoms with Crippen LogP contribution in [-0.2, 0) is 4.79 Å². The van der Waals surface area contributed by atoms with Gasteiger partial charge in [-0.2, -0.15) is 0 Å². The van der Waals surface area contributed by atoms with Gasteiger partial charge in [0.15, 0.2) is 0 Å². The fraction of sp³-hybridized carbons (Fsp3) is 0.200. The smallest absolute Gasteiger partial charge is 0.313 e. The fourth-order valence-electron chi connectivity index (χ4n) is 0.408. The first kappa shape index (κ1) is 7.56. The highest BCUT2D eigenvalue weighted by molar-refractivity contribution is 8.00. The van der Waals surface area contributed by atoms with E-state index in [1.54, 1.807) is 5.51 Å². The highest BCUT2D eigenvalue weighted by atomic mass is 32.2. The number of nitrogens with zero attached hydrogens (tertiary/aromatic N) is 1. The monoisotopic (exact) mass is 175 g/mol. The molecule has 0 aliphatic carbocycles. The summed E-state index contributed by atoms with van der Waals surface area (Å²) in [4.78, 5) is 14.0. The lowest BCUT2D eigenvalue weighted by Gasteiger charge is -1.88. The summed E-state index contributed by atoms with van der Waals surface area (Å²) < 4.78 is 0. The lowest BCUT2D eigenvalue weighted by Crippen LogP contribution is -1.97. The van der Waals surface area contributed by atoms with Gasteiger partial charge in [0.2, 0.25) is 0 Å². The van der Waals surface area contributed by atoms with Crippen LogP contribution in [0.25, 0.3) is 0 Å². The van der Waals surface area contributed by atoms with Crippen LogP contribution in [0.5, 0.6) is 0 Å². The molecule has 1 aromatic heterocycles. The van der Waals surface area contributed by atoms with Crippen LogP contribution >= 0.6 is 23.1 Å². The molecule has 0 spiro atoms. The predicted octanol–water partition coefficient (Wildman–Crippen LogP) is 1.32. The molecule has 54 valence electrons. The summed E-state index contributed by atoms with van der Waals surface area (Å²) in [5, 5.41) is 10.9. The van der Waals surface area contributed by atoms with E-state index in [9.17, 15) is 4.79 Å². The second-order valence-electron chi connectivity index (χ2n) is 1.51. The maximum Gasteiger partial charge on any atom is 0.313 e. The first-order valence-corrected chi connectivity index (χ1v) is 4.44. The molecule has 0 aromatic carbocycles. The average Bonchev–Trinajstić information content (AvgIpc) is 2.34. The second-order valence-corrected chi connectivity index (χ2v) is 3.22. The zero-order chi connectivity index (χ0) is 7.40. The molecule has 0 unspecified atom stereocenters. The van der Waals surface area contributed by atoms with Crippen molar-refractivity contribution in [3.05, 3.63) is 10.9 Å². The van der Waals surface area contributed by atoms with Crippen LogP contribution in [0, 0.1) is 0 Å². The molecule has 5 heteroatoms. The predicted molar refractivity (Wildman–Crippen MR) is 40.5 cm³/mol. The van der Waals surface area contributed by atoms with Crippen molar-refractivity contribution in [1.82, 2.24) is 4.98 Å². The quantitative estimate of drug-likeness (QED) is 0.704. The number of rotatable bonds is 3. The van der Waals surface area contributed by atoms with Gasteiger partial charge in [-0.05, 0) is 0 Å². The third-order valence-electron chi connectivity index (χ3n) is 0.753. The Morgan fingerprint density at radius 3 is 3.20 bits per heavy atom. The molecule has 3 nitrogen and oxygen atoms in total. The van der Waals surface area contributed by atoms with E-state index in [2.05, 4.69) is 4.98 Å². The van der Waals surface area contributed by atoms with Crippen LogP contribution in [-0.4, -0.2) is 21.8 Å². The molecule has 0 amide bonds. The summed E-state index contributed by atoms with van der Waals surface area (Å²) in [6.45, 7) is 0. The summed E-state index contributed by atoms with van der Waals surface area (Å²) in [6, 6.07) is 0. The van der Waals surface area contributed by atoms with Crippen molar-refractivity contribution in [2.45, 2.75) is 5.03 Å². The number of aromatic nitrogens is 1. The van der Waals surface area contributed by atoms with Crippen LogP contribution < -0.4 is 0 Å². The van der Waals surface area contributed by atoms with Crippen LogP contribution in [0.2, 0.25) is 0 Å². The van der Waals surface area contributed by atoms with Crippen molar-refractivity contribution in [2.75, 3.05) is 5.75 Å². The van der Waals surface area contributed by atoms with Gasteiger partial charge < -0.3 is 5.11 Å². The van der Waals surface area contributed by atoms with Crippen LogP contribution in [0.4, 0.5) is 0 Å². The molecule has 1 heterocycles. The average molecular weight is 175 g/mol. The Balaban J connectivity index is 2.35. The molecule has 0 saturated heterocycles. The molecular formula is C5H5NO2S2. The Morgan fingerprint density at radius 1 is 1.90 bits per heavy atom. The van der Waals surface area contributed by atoms with E-state index in [0.29, 0.717) is 0 Å². The number of aliphatic carboxylic acids is 1. The SMILES string of the molecule is O=C(O)CSc1cscn1. The maximum atomic E-state index is 10.0. The number of thioether (sulfide) groups is 1. The Bertz CT molecular complexity index is 209. The van der Waals surface area contributed by atoms with Crippen LogP contribution in [0.1, 0.15) is 0 Å². The molecule has 10 heavy (non-hydrogen) atoms. The zero-order valence-corrected chi connectivity index (χ0v) is 6.61. The third-order valence-corrected chi connectivity index (χ3v) is 2.40. The number of carboxylic acid groups (broad SMARTS) is 1. The van der Waals surface area contributed by atoms with Crippen molar-refractivity contribution in [3.63, 3.8) is 0 Å². The summed E-state index contributed by atoms with van der Waals surface area (Å²) in [5.74, 6) is -0.720. The second kappa shape index (κ2) is 3.58. The molecule has 0 saturated carbocycles. The summed E-state index contributed by atoms with van der Waals surface area (Å²) in [5.41, 5.74) is 1.68. The van der Waals surface area contributed by atoms with Gasteiger partial charge in [0.1, 0.15) is 5.03 Å². The molecule has 1 N–H and O–H groups in total. The minimum absolute atomic E-state index is 0.0870. The normalized spacial score (nSPS) is 9.60. The number of carboxylic acids is 1. The molecule has 0 aliphatic heterocycles. The van der Waals surface area contributed by atoms with E-state index >= 15 is 0 Å². The molecular weight excluding hydrogens is 170 g/mol. The first-order chi connectivity index (χ1) is 4.79. The Kier molecular flexibility index (Phi) is 2.70. The Morgan fingerprint density at radius 2 is 2.70 bits per heavy atom. The van der Waals surface area contributed by atoms with Gasteiger partial charge in [0.05, 0.1) is 11.3 Å². The van der Waals surface area contributed by atoms with Gasteiger partial charge in [-0.1, -0.05) is 11.8 Å². The van der Waals surface area contributed by atoms with E-state index < -0.39 is 5.97 Å². The Hall–Kier alpha value is -0.550. The van der Waals surface area contributed by atoms with Gasteiger partial charge in [0.25, 0.3) is 0 Å². The summed E-state index contributed by atoms with van der Waals surface area (Å²) in [7, 11) is 0. The Labute approximate surface area is 66.1 Å². The van der Waals surface area contributed by atoms with Crippen molar-refractivity contribution < 1.29 is 9.90 Å². The van der Waals surface area contributed by atoms with Gasteiger partial charge in [0, 0.05) is 5.38 Å². The largest absolute Gasteiger partial charge is 0.481 e. The van der Waals surface area contributed by atoms with Crippen molar-refractivity contribution in [2.24, 2.45) is 0 Å².